The van der Waals surface area contributed by atoms with Crippen LogP contribution in [-0.2, 0) is 17.6 Å². The topological polar surface area (TPSA) is 73.6 Å². The summed E-state index contributed by atoms with van der Waals surface area (Å²) in [6, 6.07) is 16.3. The molecule has 176 valence electrons. The van der Waals surface area contributed by atoms with Crippen molar-refractivity contribution in [2.45, 2.75) is 52.1 Å². The Morgan fingerprint density at radius 1 is 0.935 bits per heavy atom. The number of benzene rings is 2. The van der Waals surface area contributed by atoms with Crippen LogP contribution in [0.4, 0.5) is 0 Å². The molecule has 0 aliphatic rings. The van der Waals surface area contributed by atoms with Gasteiger partial charge in [0, 0.05) is 18.5 Å². The fourth-order valence-electron chi connectivity index (χ4n) is 2.68. The van der Waals surface area contributed by atoms with E-state index in [0.717, 1.165) is 24.3 Å². The minimum absolute atomic E-state index is 0.0982. The first-order valence-corrected chi connectivity index (χ1v) is 22.5. The summed E-state index contributed by atoms with van der Waals surface area (Å²) < 4.78 is 10.1. The van der Waals surface area contributed by atoms with Gasteiger partial charge in [0.05, 0.1) is 14.2 Å². The quantitative estimate of drug-likeness (QED) is 0.406. The Bertz CT molecular complexity index is 711. The van der Waals surface area contributed by atoms with Gasteiger partial charge in [-0.05, 0) is 62.1 Å². The zero-order valence-electron chi connectivity index (χ0n) is 18.8. The summed E-state index contributed by atoms with van der Waals surface area (Å²) in [5, 5.41) is 2.94. The van der Waals surface area contributed by atoms with Crippen LogP contribution >= 0.6 is 37.2 Å². The van der Waals surface area contributed by atoms with Gasteiger partial charge in [0.2, 0.25) is 5.91 Å². The number of amides is 1. The van der Waals surface area contributed by atoms with Crippen molar-refractivity contribution < 1.29 is 27.5 Å². The van der Waals surface area contributed by atoms with Gasteiger partial charge in [-0.3, -0.25) is 4.79 Å². The van der Waals surface area contributed by atoms with Crippen LogP contribution in [0.2, 0.25) is 0 Å². The van der Waals surface area contributed by atoms with Gasteiger partial charge in [0.15, 0.2) is 0 Å². The summed E-state index contributed by atoms with van der Waals surface area (Å²) in [4.78, 5) is 11.2. The van der Waals surface area contributed by atoms with Gasteiger partial charge in [0.1, 0.15) is 11.5 Å². The molecule has 1 unspecified atom stereocenters. The Morgan fingerprint density at radius 2 is 1.32 bits per heavy atom. The monoisotopic (exact) mass is 767 g/mol. The SMILES string of the molecule is CCC(=O)N[C@H](C)Cc1ccc(OC)cc1.COc1ccc(CC(C)N)cc1.I[I-]I. The van der Waals surface area contributed by atoms with Gasteiger partial charge in [-0.25, -0.2) is 0 Å². The average molecular weight is 767 g/mol. The Morgan fingerprint density at radius 3 is 1.65 bits per heavy atom. The average Bonchev–Trinajstić information content (AvgIpc) is 2.75. The molecule has 0 bridgehead atoms. The second-order valence-corrected chi connectivity index (χ2v) is 23.2. The molecule has 2 atom stereocenters. The molecule has 0 radical (unpaired) electrons. The second-order valence-electron chi connectivity index (χ2n) is 6.96. The molecule has 31 heavy (non-hydrogen) atoms. The molecular weight excluding hydrogens is 733 g/mol. The molecular formula is C23H34I3N2O3-. The van der Waals surface area contributed by atoms with Gasteiger partial charge in [-0.2, -0.15) is 0 Å². The van der Waals surface area contributed by atoms with Crippen molar-refractivity contribution in [3.8, 4) is 11.5 Å². The number of hydrogen-bond donors (Lipinski definition) is 2. The van der Waals surface area contributed by atoms with E-state index in [-0.39, 0.29) is 18.0 Å². The van der Waals surface area contributed by atoms with Crippen LogP contribution in [0.1, 0.15) is 38.3 Å². The van der Waals surface area contributed by atoms with Crippen molar-refractivity contribution in [3.05, 3.63) is 59.7 Å². The van der Waals surface area contributed by atoms with Crippen molar-refractivity contribution in [2.24, 2.45) is 5.73 Å². The van der Waals surface area contributed by atoms with Gasteiger partial charge in [-0.15, -0.1) is 0 Å². The molecule has 2 aromatic carbocycles. The van der Waals surface area contributed by atoms with Crippen molar-refractivity contribution in [1.82, 2.24) is 5.32 Å². The van der Waals surface area contributed by atoms with Crippen LogP contribution in [0.5, 0.6) is 11.5 Å². The standard InChI is InChI=1S/C13H19NO2.C10H15NO.I3/c1-4-13(15)14-10(2)9-11-5-7-12(16-3)8-6-11;1-8(11)7-9-3-5-10(12-2)6-4-9;1-3-2/h5-8,10H,4,9H2,1-3H3,(H,14,15);3-6,8H,7,11H2,1-2H3;/q;;-1/t10-;;/m1../s1. The Hall–Kier alpha value is -0.340. The van der Waals surface area contributed by atoms with E-state index in [1.165, 1.54) is 11.1 Å². The number of ether oxygens (including phenoxy) is 2. The zero-order valence-corrected chi connectivity index (χ0v) is 25.3. The number of carbonyl (C=O) groups is 1. The van der Waals surface area contributed by atoms with Crippen LogP contribution < -0.4 is 33.8 Å². The van der Waals surface area contributed by atoms with E-state index in [4.69, 9.17) is 15.2 Å². The molecule has 0 heterocycles. The van der Waals surface area contributed by atoms with Crippen molar-refractivity contribution in [2.75, 3.05) is 14.2 Å². The fourth-order valence-corrected chi connectivity index (χ4v) is 2.68. The molecule has 0 saturated heterocycles. The molecule has 0 aliphatic heterocycles. The summed E-state index contributed by atoms with van der Waals surface area (Å²) in [5.41, 5.74) is 8.12. The van der Waals surface area contributed by atoms with E-state index in [1.54, 1.807) is 14.2 Å². The molecule has 0 spiro atoms. The van der Waals surface area contributed by atoms with E-state index in [2.05, 4.69) is 42.5 Å². The molecule has 0 aliphatic carbocycles. The first kappa shape index (κ1) is 30.7. The number of halogens is 3. The third-order valence-electron chi connectivity index (χ3n) is 4.15. The summed E-state index contributed by atoms with van der Waals surface area (Å²) in [6.45, 7) is 5.87. The first-order valence-electron chi connectivity index (χ1n) is 9.97. The number of rotatable bonds is 8. The Kier molecular flexibility index (Phi) is 18.9. The summed E-state index contributed by atoms with van der Waals surface area (Å²) in [7, 11) is 3.32. The third kappa shape index (κ3) is 16.0. The second kappa shape index (κ2) is 19.2. The summed E-state index contributed by atoms with van der Waals surface area (Å²) in [6.07, 6.45) is 2.30. The number of methoxy groups -OCH3 is 2. The first-order chi connectivity index (χ1) is 14.8. The normalized spacial score (nSPS) is 11.7. The number of nitrogens with two attached hydrogens (primary N) is 1. The van der Waals surface area contributed by atoms with Crippen molar-refractivity contribution in [1.29, 1.82) is 0 Å². The number of nitrogens with one attached hydrogen (secondary N) is 1. The minimum atomic E-state index is 0.0982. The van der Waals surface area contributed by atoms with E-state index in [1.807, 2.05) is 69.3 Å². The van der Waals surface area contributed by atoms with E-state index in [0.29, 0.717) is 19.7 Å². The number of carbonyl (C=O) groups excluding carboxylic acids is 1. The fraction of sp³-hybridized carbons (Fsp3) is 0.435. The molecule has 2 rings (SSSR count). The van der Waals surface area contributed by atoms with Gasteiger partial charge in [-0.1, -0.05) is 31.2 Å². The molecule has 2 aromatic rings. The molecule has 0 aromatic heterocycles. The molecule has 5 nitrogen and oxygen atoms in total. The predicted octanol–water partition coefficient (Wildman–Crippen LogP) is 2.51. The maximum atomic E-state index is 11.2. The van der Waals surface area contributed by atoms with E-state index < -0.39 is 0 Å². The van der Waals surface area contributed by atoms with E-state index in [9.17, 15) is 4.79 Å². The number of hydrogen-bond acceptors (Lipinski definition) is 4. The van der Waals surface area contributed by atoms with Gasteiger partial charge in [0.25, 0.3) is 0 Å². The molecule has 8 heteroatoms. The van der Waals surface area contributed by atoms with Gasteiger partial charge < -0.3 is 20.5 Å². The van der Waals surface area contributed by atoms with Crippen LogP contribution in [0.3, 0.4) is 0 Å². The Labute approximate surface area is 217 Å². The molecule has 3 N–H and O–H groups in total. The summed E-state index contributed by atoms with van der Waals surface area (Å²) in [5.74, 6) is 1.85. The van der Waals surface area contributed by atoms with Crippen LogP contribution in [0.15, 0.2) is 48.5 Å². The van der Waals surface area contributed by atoms with Crippen molar-refractivity contribution >= 4 is 43.1 Å². The van der Waals surface area contributed by atoms with E-state index >= 15 is 0 Å². The predicted molar refractivity (Wildman–Crippen MR) is 143 cm³/mol. The van der Waals surface area contributed by atoms with Crippen LogP contribution in [0.25, 0.3) is 0 Å². The van der Waals surface area contributed by atoms with Crippen LogP contribution in [0, 0.1) is 0 Å². The Balaban J connectivity index is 0.000000531. The molecule has 1 amide bonds. The maximum absolute atomic E-state index is 11.2. The van der Waals surface area contributed by atoms with Crippen LogP contribution in [-0.4, -0.2) is 32.2 Å². The zero-order chi connectivity index (χ0) is 23.6. The van der Waals surface area contributed by atoms with Gasteiger partial charge >= 0.3 is 50.5 Å². The molecule has 0 saturated carbocycles. The molecule has 0 fully saturated rings. The summed E-state index contributed by atoms with van der Waals surface area (Å²) >= 11 is 5.30. The van der Waals surface area contributed by atoms with Crippen molar-refractivity contribution in [3.63, 3.8) is 0 Å². The third-order valence-corrected chi connectivity index (χ3v) is 4.15.